The quantitative estimate of drug-likeness (QED) is 0.767. The Balaban J connectivity index is 1.89. The van der Waals surface area contributed by atoms with Crippen LogP contribution in [0.4, 0.5) is 8.78 Å². The number of rotatable bonds is 6. The fourth-order valence-corrected chi connectivity index (χ4v) is 2.17. The summed E-state index contributed by atoms with van der Waals surface area (Å²) in [4.78, 5) is 15.8. The highest BCUT2D eigenvalue weighted by molar-refractivity contribution is 7.98. The van der Waals surface area contributed by atoms with Crippen LogP contribution in [-0.2, 0) is 17.0 Å². The number of nitrogens with zero attached hydrogens (tertiary/aromatic N) is 2. The first kappa shape index (κ1) is 14.6. The molecule has 0 aliphatic heterocycles. The van der Waals surface area contributed by atoms with Crippen molar-refractivity contribution in [3.8, 4) is 0 Å². The highest BCUT2D eigenvalue weighted by Crippen LogP contribution is 2.21. The topological polar surface area (TPSA) is 56.0 Å². The van der Waals surface area contributed by atoms with Gasteiger partial charge in [0.25, 0.3) is 6.43 Å². The molecule has 0 spiro atoms. The maximum absolute atomic E-state index is 12.1. The second-order valence-corrected chi connectivity index (χ2v) is 5.20. The van der Waals surface area contributed by atoms with Crippen molar-refractivity contribution in [1.29, 1.82) is 0 Å². The number of hydrogen-bond acceptors (Lipinski definition) is 5. The lowest BCUT2D eigenvalue weighted by atomic mass is 10.2. The smallest absolute Gasteiger partial charge is 0.296 e. The van der Waals surface area contributed by atoms with Crippen LogP contribution in [0.2, 0.25) is 0 Å². The molecule has 2 rings (SSSR count). The Morgan fingerprint density at radius 1 is 1.35 bits per heavy atom. The zero-order valence-electron chi connectivity index (χ0n) is 10.7. The van der Waals surface area contributed by atoms with Crippen LogP contribution in [0.5, 0.6) is 0 Å². The Hall–Kier alpha value is -1.76. The minimum Gasteiger partial charge on any atom is -0.339 e. The van der Waals surface area contributed by atoms with Gasteiger partial charge in [0.1, 0.15) is 0 Å². The van der Waals surface area contributed by atoms with Crippen LogP contribution in [0.15, 0.2) is 33.7 Å². The summed E-state index contributed by atoms with van der Waals surface area (Å²) in [5.74, 6) is -0.455. The first-order valence-electron chi connectivity index (χ1n) is 5.86. The molecule has 7 heteroatoms. The first-order chi connectivity index (χ1) is 9.54. The average molecular weight is 298 g/mol. The molecule has 0 amide bonds. The number of benzene rings is 1. The summed E-state index contributed by atoms with van der Waals surface area (Å²) in [7, 11) is 0. The molecule has 4 nitrogen and oxygen atoms in total. The molecule has 0 radical (unpaired) electrons. The lowest BCUT2D eigenvalue weighted by molar-refractivity contribution is -0.129. The fourth-order valence-electron chi connectivity index (χ4n) is 1.43. The standard InChI is InChI=1S/C13H12F2N2O2S/c1-8-2-4-9(5-3-8)20-7-11-16-12(19-17-11)6-10(18)13(14)15/h2-5,13H,6-7H2,1H3. The van der Waals surface area contributed by atoms with Gasteiger partial charge in [0, 0.05) is 4.90 Å². The molecular weight excluding hydrogens is 286 g/mol. The summed E-state index contributed by atoms with van der Waals surface area (Å²) in [5, 5.41) is 3.66. The van der Waals surface area contributed by atoms with Gasteiger partial charge in [-0.1, -0.05) is 22.9 Å². The molecule has 2 aromatic rings. The summed E-state index contributed by atoms with van der Waals surface area (Å²) in [6, 6.07) is 7.93. The number of hydrogen-bond donors (Lipinski definition) is 0. The molecule has 0 fully saturated rings. The van der Waals surface area contributed by atoms with E-state index in [0.717, 1.165) is 4.90 Å². The van der Waals surface area contributed by atoms with Crippen molar-refractivity contribution in [2.75, 3.05) is 0 Å². The van der Waals surface area contributed by atoms with E-state index in [4.69, 9.17) is 4.52 Å². The molecule has 0 atom stereocenters. The van der Waals surface area contributed by atoms with Crippen LogP contribution in [0.3, 0.4) is 0 Å². The maximum atomic E-state index is 12.1. The number of aryl methyl sites for hydroxylation is 1. The van der Waals surface area contributed by atoms with Crippen LogP contribution in [-0.4, -0.2) is 22.3 Å². The molecule has 106 valence electrons. The molecule has 1 heterocycles. The zero-order valence-corrected chi connectivity index (χ0v) is 11.5. The van der Waals surface area contributed by atoms with Crippen LogP contribution in [0, 0.1) is 6.92 Å². The van der Waals surface area contributed by atoms with Crippen LogP contribution < -0.4 is 0 Å². The summed E-state index contributed by atoms with van der Waals surface area (Å²) in [6.45, 7) is 2.00. The van der Waals surface area contributed by atoms with Crippen molar-refractivity contribution in [2.45, 2.75) is 30.4 Å². The van der Waals surface area contributed by atoms with Gasteiger partial charge in [-0.25, -0.2) is 8.78 Å². The van der Waals surface area contributed by atoms with Crippen molar-refractivity contribution in [1.82, 2.24) is 10.1 Å². The number of halogens is 2. The van der Waals surface area contributed by atoms with E-state index in [9.17, 15) is 13.6 Å². The van der Waals surface area contributed by atoms with E-state index < -0.39 is 18.6 Å². The third kappa shape index (κ3) is 4.12. The molecule has 20 heavy (non-hydrogen) atoms. The Labute approximate surface area is 118 Å². The molecule has 0 aliphatic rings. The average Bonchev–Trinajstić information content (AvgIpc) is 2.85. The van der Waals surface area contributed by atoms with E-state index in [2.05, 4.69) is 10.1 Å². The number of aromatic nitrogens is 2. The SMILES string of the molecule is Cc1ccc(SCc2noc(CC(=O)C(F)F)n2)cc1. The third-order valence-electron chi connectivity index (χ3n) is 2.47. The van der Waals surface area contributed by atoms with Crippen molar-refractivity contribution >= 4 is 17.5 Å². The molecule has 0 aliphatic carbocycles. The molecule has 1 aromatic heterocycles. The van der Waals surface area contributed by atoms with E-state index in [0.29, 0.717) is 11.6 Å². The molecule has 0 saturated heterocycles. The summed E-state index contributed by atoms with van der Waals surface area (Å²) >= 11 is 1.50. The molecule has 0 unspecified atom stereocenters. The van der Waals surface area contributed by atoms with Gasteiger partial charge in [-0.3, -0.25) is 4.79 Å². The highest BCUT2D eigenvalue weighted by atomic mass is 32.2. The van der Waals surface area contributed by atoms with Gasteiger partial charge in [0.2, 0.25) is 11.7 Å². The van der Waals surface area contributed by atoms with Crippen molar-refractivity contribution in [3.63, 3.8) is 0 Å². The van der Waals surface area contributed by atoms with E-state index in [1.165, 1.54) is 17.3 Å². The van der Waals surface area contributed by atoms with E-state index in [-0.39, 0.29) is 5.89 Å². The van der Waals surface area contributed by atoms with Gasteiger partial charge in [-0.15, -0.1) is 11.8 Å². The van der Waals surface area contributed by atoms with Crippen LogP contribution >= 0.6 is 11.8 Å². The van der Waals surface area contributed by atoms with Crippen LogP contribution in [0.25, 0.3) is 0 Å². The predicted octanol–water partition coefficient (Wildman–Crippen LogP) is 3.05. The predicted molar refractivity (Wildman–Crippen MR) is 69.8 cm³/mol. The first-order valence-corrected chi connectivity index (χ1v) is 6.85. The third-order valence-corrected chi connectivity index (χ3v) is 3.48. The number of carbonyl (C=O) groups is 1. The molecule has 0 saturated carbocycles. The number of Topliss-reactive ketones (excluding diaryl/α,β-unsaturated/α-hetero) is 1. The Kier molecular flexibility index (Phi) is 4.84. The molecule has 0 N–H and O–H groups in total. The second kappa shape index (κ2) is 6.60. The van der Waals surface area contributed by atoms with Gasteiger partial charge < -0.3 is 4.52 Å². The van der Waals surface area contributed by atoms with Gasteiger partial charge in [-0.05, 0) is 19.1 Å². The van der Waals surface area contributed by atoms with Gasteiger partial charge >= 0.3 is 0 Å². The Morgan fingerprint density at radius 3 is 2.70 bits per heavy atom. The number of carbonyl (C=O) groups excluding carboxylic acids is 1. The van der Waals surface area contributed by atoms with Crippen LogP contribution in [0.1, 0.15) is 17.3 Å². The molecule has 1 aromatic carbocycles. The van der Waals surface area contributed by atoms with E-state index in [1.807, 2.05) is 31.2 Å². The van der Waals surface area contributed by atoms with Crippen molar-refractivity contribution in [3.05, 3.63) is 41.5 Å². The number of alkyl halides is 2. The minimum absolute atomic E-state index is 0.0743. The fraction of sp³-hybridized carbons (Fsp3) is 0.308. The monoisotopic (exact) mass is 298 g/mol. The molecule has 0 bridgehead atoms. The van der Waals surface area contributed by atoms with E-state index in [1.54, 1.807) is 0 Å². The highest BCUT2D eigenvalue weighted by Gasteiger charge is 2.19. The summed E-state index contributed by atoms with van der Waals surface area (Å²) in [5.41, 5.74) is 1.17. The van der Waals surface area contributed by atoms with E-state index >= 15 is 0 Å². The zero-order chi connectivity index (χ0) is 14.5. The van der Waals surface area contributed by atoms with Gasteiger partial charge in [0.05, 0.1) is 12.2 Å². The van der Waals surface area contributed by atoms with Gasteiger partial charge in [0.15, 0.2) is 5.82 Å². The number of ketones is 1. The van der Waals surface area contributed by atoms with Crippen molar-refractivity contribution < 1.29 is 18.1 Å². The normalized spacial score (nSPS) is 11.0. The lowest BCUT2D eigenvalue weighted by Crippen LogP contribution is -2.12. The second-order valence-electron chi connectivity index (χ2n) is 4.15. The Bertz CT molecular complexity index is 584. The molecular formula is C13H12F2N2O2S. The minimum atomic E-state index is -3.01. The largest absolute Gasteiger partial charge is 0.339 e. The maximum Gasteiger partial charge on any atom is 0.296 e. The summed E-state index contributed by atoms with van der Waals surface area (Å²) in [6.07, 6.45) is -3.54. The number of thioether (sulfide) groups is 1. The lowest BCUT2D eigenvalue weighted by Gasteiger charge is -1.98. The Morgan fingerprint density at radius 2 is 2.05 bits per heavy atom. The van der Waals surface area contributed by atoms with Gasteiger partial charge in [-0.2, -0.15) is 4.98 Å². The summed E-state index contributed by atoms with van der Waals surface area (Å²) < 4.78 is 28.9. The van der Waals surface area contributed by atoms with Crippen molar-refractivity contribution in [2.24, 2.45) is 0 Å².